The van der Waals surface area contributed by atoms with Gasteiger partial charge in [0.1, 0.15) is 5.69 Å². The zero-order valence-electron chi connectivity index (χ0n) is 8.07. The summed E-state index contributed by atoms with van der Waals surface area (Å²) in [5, 5.41) is 0. The molecule has 1 aromatic heterocycles. The van der Waals surface area contributed by atoms with Crippen LogP contribution in [0, 0.1) is 5.92 Å². The first-order chi connectivity index (χ1) is 6.77. The highest BCUT2D eigenvalue weighted by Gasteiger charge is 2.24. The van der Waals surface area contributed by atoms with Crippen LogP contribution < -0.4 is 5.73 Å². The average molecular weight is 190 g/mol. The number of Topliss-reactive ketones (excluding diaryl/α,β-unsaturated/α-hetero) is 1. The van der Waals surface area contributed by atoms with Crippen LogP contribution in [0.3, 0.4) is 0 Å². The number of nitrogens with two attached hydrogens (primary N) is 1. The number of nitrogen functional groups attached to an aromatic ring is 1. The molecule has 0 amide bonds. The van der Waals surface area contributed by atoms with Crippen molar-refractivity contribution in [1.82, 2.24) is 4.98 Å². The first-order valence-electron chi connectivity index (χ1n) is 5.03. The van der Waals surface area contributed by atoms with E-state index < -0.39 is 0 Å². The van der Waals surface area contributed by atoms with Gasteiger partial charge in [0.15, 0.2) is 5.78 Å². The molecule has 0 aromatic carbocycles. The number of aromatic nitrogens is 1. The maximum absolute atomic E-state index is 11.9. The van der Waals surface area contributed by atoms with E-state index in [1.165, 1.54) is 12.8 Å². The van der Waals surface area contributed by atoms with Crippen LogP contribution in [0.5, 0.6) is 0 Å². The molecule has 0 aliphatic heterocycles. The van der Waals surface area contributed by atoms with Crippen LogP contribution in [-0.4, -0.2) is 10.8 Å². The molecule has 0 spiro atoms. The molecule has 0 unspecified atom stereocenters. The molecular formula is C11H14N2O. The Bertz CT molecular complexity index is 326. The lowest BCUT2D eigenvalue weighted by molar-refractivity contribution is 0.0918. The minimum atomic E-state index is 0.183. The van der Waals surface area contributed by atoms with Crippen molar-refractivity contribution < 1.29 is 4.79 Å². The van der Waals surface area contributed by atoms with E-state index in [0.717, 1.165) is 12.8 Å². The summed E-state index contributed by atoms with van der Waals surface area (Å²) in [6.07, 6.45) is 5.93. The first kappa shape index (κ1) is 9.19. The van der Waals surface area contributed by atoms with Crippen molar-refractivity contribution in [3.8, 4) is 0 Å². The second-order valence-corrected chi connectivity index (χ2v) is 3.82. The molecule has 2 rings (SSSR count). The van der Waals surface area contributed by atoms with Crippen molar-refractivity contribution in [3.05, 3.63) is 24.0 Å². The van der Waals surface area contributed by atoms with Gasteiger partial charge in [0.2, 0.25) is 0 Å². The Morgan fingerprint density at radius 1 is 1.36 bits per heavy atom. The fraction of sp³-hybridized carbons (Fsp3) is 0.455. The molecule has 1 heterocycles. The quantitative estimate of drug-likeness (QED) is 0.726. The van der Waals surface area contributed by atoms with E-state index in [1.807, 2.05) is 0 Å². The topological polar surface area (TPSA) is 56.0 Å². The maximum atomic E-state index is 11.9. The van der Waals surface area contributed by atoms with Crippen LogP contribution in [0.1, 0.15) is 36.2 Å². The average Bonchev–Trinajstić information content (AvgIpc) is 2.71. The summed E-state index contributed by atoms with van der Waals surface area (Å²) in [7, 11) is 0. The minimum absolute atomic E-state index is 0.183. The SMILES string of the molecule is Nc1ccc(C(=O)C2CCCC2)nc1. The van der Waals surface area contributed by atoms with Gasteiger partial charge in [0.05, 0.1) is 11.9 Å². The lowest BCUT2D eigenvalue weighted by Gasteiger charge is -2.06. The van der Waals surface area contributed by atoms with Crippen molar-refractivity contribution in [2.45, 2.75) is 25.7 Å². The van der Waals surface area contributed by atoms with Gasteiger partial charge in [0.25, 0.3) is 0 Å². The predicted molar refractivity (Wildman–Crippen MR) is 54.9 cm³/mol. The fourth-order valence-electron chi connectivity index (χ4n) is 1.95. The van der Waals surface area contributed by atoms with Crippen molar-refractivity contribution in [2.75, 3.05) is 5.73 Å². The van der Waals surface area contributed by atoms with E-state index in [-0.39, 0.29) is 11.7 Å². The Morgan fingerprint density at radius 2 is 2.07 bits per heavy atom. The molecule has 1 aliphatic carbocycles. The lowest BCUT2D eigenvalue weighted by Crippen LogP contribution is -2.12. The molecule has 74 valence electrons. The molecule has 3 nitrogen and oxygen atoms in total. The second kappa shape index (κ2) is 3.78. The van der Waals surface area contributed by atoms with Crippen molar-refractivity contribution in [1.29, 1.82) is 0 Å². The normalized spacial score (nSPS) is 17.1. The van der Waals surface area contributed by atoms with Crippen LogP contribution in [-0.2, 0) is 0 Å². The van der Waals surface area contributed by atoms with Crippen molar-refractivity contribution >= 4 is 11.5 Å². The Kier molecular flexibility index (Phi) is 2.48. The van der Waals surface area contributed by atoms with E-state index in [9.17, 15) is 4.79 Å². The zero-order valence-corrected chi connectivity index (χ0v) is 8.07. The van der Waals surface area contributed by atoms with Crippen LogP contribution in [0.25, 0.3) is 0 Å². The summed E-state index contributed by atoms with van der Waals surface area (Å²) >= 11 is 0. The highest BCUT2D eigenvalue weighted by molar-refractivity contribution is 5.96. The highest BCUT2D eigenvalue weighted by atomic mass is 16.1. The molecule has 3 heteroatoms. The fourth-order valence-corrected chi connectivity index (χ4v) is 1.95. The largest absolute Gasteiger partial charge is 0.397 e. The van der Waals surface area contributed by atoms with Crippen LogP contribution in [0.2, 0.25) is 0 Å². The summed E-state index contributed by atoms with van der Waals surface area (Å²) in [4.78, 5) is 15.9. The van der Waals surface area contributed by atoms with E-state index in [1.54, 1.807) is 18.3 Å². The molecule has 1 saturated carbocycles. The summed E-state index contributed by atoms with van der Waals surface area (Å²) in [5.41, 5.74) is 6.67. The number of carbonyl (C=O) groups excluding carboxylic acids is 1. The number of hydrogen-bond acceptors (Lipinski definition) is 3. The molecule has 0 atom stereocenters. The number of rotatable bonds is 2. The van der Waals surface area contributed by atoms with Crippen LogP contribution in [0.15, 0.2) is 18.3 Å². The number of carbonyl (C=O) groups is 1. The predicted octanol–water partition coefficient (Wildman–Crippen LogP) is 2.04. The smallest absolute Gasteiger partial charge is 0.184 e. The summed E-state index contributed by atoms with van der Waals surface area (Å²) < 4.78 is 0. The zero-order chi connectivity index (χ0) is 9.97. The van der Waals surface area contributed by atoms with Gasteiger partial charge in [-0.3, -0.25) is 9.78 Å². The lowest BCUT2D eigenvalue weighted by atomic mass is 10.00. The Morgan fingerprint density at radius 3 is 2.64 bits per heavy atom. The number of nitrogens with zero attached hydrogens (tertiary/aromatic N) is 1. The number of pyridine rings is 1. The van der Waals surface area contributed by atoms with Gasteiger partial charge in [-0.25, -0.2) is 0 Å². The monoisotopic (exact) mass is 190 g/mol. The Labute approximate surface area is 83.3 Å². The molecular weight excluding hydrogens is 176 g/mol. The van der Waals surface area contributed by atoms with E-state index in [4.69, 9.17) is 5.73 Å². The number of hydrogen-bond donors (Lipinski definition) is 1. The van der Waals surface area contributed by atoms with Crippen molar-refractivity contribution in [3.63, 3.8) is 0 Å². The third-order valence-corrected chi connectivity index (χ3v) is 2.76. The van der Waals surface area contributed by atoms with Gasteiger partial charge in [-0.05, 0) is 25.0 Å². The van der Waals surface area contributed by atoms with Crippen LogP contribution >= 0.6 is 0 Å². The molecule has 0 saturated heterocycles. The minimum Gasteiger partial charge on any atom is -0.397 e. The molecule has 0 bridgehead atoms. The van der Waals surface area contributed by atoms with Gasteiger partial charge in [-0.2, -0.15) is 0 Å². The van der Waals surface area contributed by atoms with Gasteiger partial charge in [-0.15, -0.1) is 0 Å². The molecule has 0 radical (unpaired) electrons. The molecule has 1 fully saturated rings. The highest BCUT2D eigenvalue weighted by Crippen LogP contribution is 2.27. The summed E-state index contributed by atoms with van der Waals surface area (Å²) in [6.45, 7) is 0. The number of anilines is 1. The van der Waals surface area contributed by atoms with Gasteiger partial charge < -0.3 is 5.73 Å². The molecule has 2 N–H and O–H groups in total. The number of ketones is 1. The third-order valence-electron chi connectivity index (χ3n) is 2.76. The Balaban J connectivity index is 2.14. The Hall–Kier alpha value is -1.38. The van der Waals surface area contributed by atoms with E-state index in [0.29, 0.717) is 11.4 Å². The molecule has 14 heavy (non-hydrogen) atoms. The van der Waals surface area contributed by atoms with E-state index in [2.05, 4.69) is 4.98 Å². The second-order valence-electron chi connectivity index (χ2n) is 3.82. The first-order valence-corrected chi connectivity index (χ1v) is 5.03. The standard InChI is InChI=1S/C11H14N2O/c12-9-5-6-10(13-7-9)11(14)8-3-1-2-4-8/h5-8H,1-4,12H2. The van der Waals surface area contributed by atoms with Gasteiger partial charge in [-0.1, -0.05) is 12.8 Å². The maximum Gasteiger partial charge on any atom is 0.184 e. The van der Waals surface area contributed by atoms with Crippen molar-refractivity contribution in [2.24, 2.45) is 5.92 Å². The van der Waals surface area contributed by atoms with E-state index >= 15 is 0 Å². The molecule has 1 aliphatic rings. The summed E-state index contributed by atoms with van der Waals surface area (Å²) in [5.74, 6) is 0.383. The summed E-state index contributed by atoms with van der Waals surface area (Å²) in [6, 6.07) is 3.45. The molecule has 1 aromatic rings. The van der Waals surface area contributed by atoms with Crippen LogP contribution in [0.4, 0.5) is 5.69 Å². The van der Waals surface area contributed by atoms with Gasteiger partial charge in [0, 0.05) is 5.92 Å². The van der Waals surface area contributed by atoms with Gasteiger partial charge >= 0.3 is 0 Å². The third kappa shape index (κ3) is 1.76.